The van der Waals surface area contributed by atoms with Gasteiger partial charge in [-0.05, 0) is 67.5 Å². The number of hydrogen-bond acceptors (Lipinski definition) is 5. The number of aromatic nitrogens is 5. The van der Waals surface area contributed by atoms with Crippen molar-refractivity contribution in [3.05, 3.63) is 87.6 Å². The number of likely N-dealkylation sites (tertiary alicyclic amines) is 1. The van der Waals surface area contributed by atoms with Gasteiger partial charge in [0.15, 0.2) is 5.82 Å². The second-order valence-corrected chi connectivity index (χ2v) is 11.7. The number of thiol groups is 1. The summed E-state index contributed by atoms with van der Waals surface area (Å²) in [5.74, 6) is 1.06. The molecule has 2 fully saturated rings. The summed E-state index contributed by atoms with van der Waals surface area (Å²) in [7, 11) is 1.88. The Balaban J connectivity index is 1.43. The molecule has 40 heavy (non-hydrogen) atoms. The number of nitrogens with zero attached hydrogens (tertiary/aromatic N) is 6. The molecule has 2 aliphatic rings. The summed E-state index contributed by atoms with van der Waals surface area (Å²) in [5, 5.41) is 8.62. The summed E-state index contributed by atoms with van der Waals surface area (Å²) < 4.78 is 47.1. The number of hydrogen-bond donors (Lipinski definition) is 1. The molecule has 0 radical (unpaired) electrons. The number of rotatable bonds is 5. The van der Waals surface area contributed by atoms with Gasteiger partial charge in [0.05, 0.1) is 16.8 Å². The maximum Gasteiger partial charge on any atom is 0.418 e. The van der Waals surface area contributed by atoms with Crippen LogP contribution in [0.15, 0.2) is 59.4 Å². The minimum atomic E-state index is -4.61. The molecule has 4 heterocycles. The van der Waals surface area contributed by atoms with Crippen LogP contribution in [-0.2, 0) is 19.8 Å². The predicted molar refractivity (Wildman–Crippen MR) is 151 cm³/mol. The van der Waals surface area contributed by atoms with Crippen molar-refractivity contribution in [2.45, 2.75) is 50.6 Å². The number of fused-ring (bicyclic) bond motifs is 1. The van der Waals surface area contributed by atoms with E-state index in [2.05, 4.69) is 34.6 Å². The smallest absolute Gasteiger partial charge is 0.317 e. The highest BCUT2D eigenvalue weighted by atomic mass is 32.1. The van der Waals surface area contributed by atoms with Crippen molar-refractivity contribution in [1.82, 2.24) is 28.6 Å². The van der Waals surface area contributed by atoms with Gasteiger partial charge in [-0.25, -0.2) is 4.79 Å². The first-order chi connectivity index (χ1) is 19.1. The van der Waals surface area contributed by atoms with E-state index in [0.29, 0.717) is 23.7 Å². The molecule has 1 aliphatic carbocycles. The average molecular weight is 569 g/mol. The van der Waals surface area contributed by atoms with Gasteiger partial charge in [0.25, 0.3) is 0 Å². The van der Waals surface area contributed by atoms with Crippen molar-refractivity contribution in [3.8, 4) is 5.69 Å². The van der Waals surface area contributed by atoms with Crippen molar-refractivity contribution >= 4 is 23.7 Å². The van der Waals surface area contributed by atoms with E-state index in [4.69, 9.17) is 0 Å². The number of aryl methyl sites for hydroxylation is 1. The summed E-state index contributed by atoms with van der Waals surface area (Å²) in [6.07, 6.45) is 3.73. The fourth-order valence-electron chi connectivity index (χ4n) is 5.78. The minimum absolute atomic E-state index is 0.167. The summed E-state index contributed by atoms with van der Waals surface area (Å²) in [6, 6.07) is 8.51. The van der Waals surface area contributed by atoms with E-state index in [-0.39, 0.29) is 10.8 Å². The average Bonchev–Trinajstić information content (AvgIpc) is 3.45. The number of alkyl halides is 3. The molecule has 210 valence electrons. The van der Waals surface area contributed by atoms with Gasteiger partial charge in [-0.1, -0.05) is 24.6 Å². The lowest BCUT2D eigenvalue weighted by Crippen LogP contribution is -2.39. The van der Waals surface area contributed by atoms with E-state index in [1.54, 1.807) is 18.6 Å². The van der Waals surface area contributed by atoms with Crippen LogP contribution in [0.25, 0.3) is 16.8 Å². The fraction of sp³-hybridized carbons (Fsp3) is 0.414. The number of benzene rings is 1. The standard InChI is InChI=1S/C29H31F3N6OS/c1-18-13-36(10-9-25(18)40)14-19-11-23(29(30,31)32)24-16-37(28(39)38(24)15-19)22-8-4-7-21(12-22)26(20-5-3-6-20)27-34-33-17-35(27)2/h4,7-8,11-12,15-18,25,40H,3,5-6,9-10,13-14H2,1-2H3/t18-,25?/m1/s1. The molecule has 1 aliphatic heterocycles. The minimum Gasteiger partial charge on any atom is -0.317 e. The van der Waals surface area contributed by atoms with Crippen LogP contribution in [-0.4, -0.2) is 47.0 Å². The van der Waals surface area contributed by atoms with Gasteiger partial charge < -0.3 is 4.57 Å². The maximum atomic E-state index is 14.3. The Kier molecular flexibility index (Phi) is 6.90. The lowest BCUT2D eigenvalue weighted by atomic mass is 9.84. The van der Waals surface area contributed by atoms with Gasteiger partial charge in [0.1, 0.15) is 6.33 Å². The number of imidazole rings is 1. The van der Waals surface area contributed by atoms with Crippen LogP contribution in [0, 0.1) is 5.92 Å². The number of piperidine rings is 1. The van der Waals surface area contributed by atoms with E-state index in [1.807, 2.05) is 29.8 Å². The Hall–Kier alpha value is -3.31. The zero-order chi connectivity index (χ0) is 28.2. The molecule has 0 spiro atoms. The van der Waals surface area contributed by atoms with Crippen LogP contribution in [0.3, 0.4) is 0 Å². The Morgan fingerprint density at radius 3 is 2.62 bits per heavy atom. The molecule has 0 amide bonds. The van der Waals surface area contributed by atoms with Gasteiger partial charge >= 0.3 is 11.9 Å². The quantitative estimate of drug-likeness (QED) is 0.329. The molecule has 0 N–H and O–H groups in total. The molecule has 11 heteroatoms. The first kappa shape index (κ1) is 26.9. The maximum absolute atomic E-state index is 14.3. The molecule has 1 saturated heterocycles. The van der Waals surface area contributed by atoms with Gasteiger partial charge in [-0.15, -0.1) is 10.2 Å². The van der Waals surface area contributed by atoms with Crippen molar-refractivity contribution in [2.24, 2.45) is 13.0 Å². The van der Waals surface area contributed by atoms with E-state index >= 15 is 0 Å². The molecule has 1 aromatic carbocycles. The van der Waals surface area contributed by atoms with Crippen molar-refractivity contribution < 1.29 is 13.2 Å². The third-order valence-corrected chi connectivity index (χ3v) is 8.91. The van der Waals surface area contributed by atoms with Crippen molar-refractivity contribution in [2.75, 3.05) is 13.1 Å². The van der Waals surface area contributed by atoms with Crippen LogP contribution in [0.4, 0.5) is 13.2 Å². The van der Waals surface area contributed by atoms with Gasteiger partial charge in [-0.3, -0.25) is 13.9 Å². The highest BCUT2D eigenvalue weighted by molar-refractivity contribution is 7.81. The third kappa shape index (κ3) is 4.89. The Morgan fingerprint density at radius 1 is 1.18 bits per heavy atom. The third-order valence-electron chi connectivity index (χ3n) is 8.14. The molecular weight excluding hydrogens is 537 g/mol. The van der Waals surface area contributed by atoms with Crippen molar-refractivity contribution in [1.29, 1.82) is 0 Å². The highest BCUT2D eigenvalue weighted by Gasteiger charge is 2.35. The van der Waals surface area contributed by atoms with E-state index < -0.39 is 17.4 Å². The van der Waals surface area contributed by atoms with Gasteiger partial charge in [0.2, 0.25) is 0 Å². The SMILES string of the molecule is C[C@@H]1CN(Cc2cc(C(F)(F)F)c3cn(-c4cccc(C(=C5CCC5)c5nncn5C)c4)c(=O)n3c2)CCC1S. The lowest BCUT2D eigenvalue weighted by Gasteiger charge is -2.34. The lowest BCUT2D eigenvalue weighted by molar-refractivity contribution is -0.136. The largest absolute Gasteiger partial charge is 0.418 e. The first-order valence-electron chi connectivity index (χ1n) is 13.5. The zero-order valence-corrected chi connectivity index (χ0v) is 23.3. The Morgan fingerprint density at radius 2 is 1.98 bits per heavy atom. The van der Waals surface area contributed by atoms with Crippen LogP contribution in [0.2, 0.25) is 0 Å². The molecular formula is C29H31F3N6OS. The summed E-state index contributed by atoms with van der Waals surface area (Å²) in [6.45, 7) is 3.94. The number of allylic oxidation sites excluding steroid dienone is 1. The molecule has 0 bridgehead atoms. The molecule has 7 nitrogen and oxygen atoms in total. The first-order valence-corrected chi connectivity index (χ1v) is 14.0. The van der Waals surface area contributed by atoms with E-state index in [1.165, 1.54) is 22.4 Å². The summed E-state index contributed by atoms with van der Waals surface area (Å²) >= 11 is 4.60. The molecule has 2 atom stereocenters. The van der Waals surface area contributed by atoms with Crippen LogP contribution in [0.5, 0.6) is 0 Å². The summed E-state index contributed by atoms with van der Waals surface area (Å²) in [5.41, 5.74) is 2.49. The number of pyridine rings is 1. The second-order valence-electron chi connectivity index (χ2n) is 11.0. The van der Waals surface area contributed by atoms with E-state index in [9.17, 15) is 18.0 Å². The van der Waals surface area contributed by atoms with Crippen LogP contribution in [0.1, 0.15) is 55.1 Å². The molecule has 3 aromatic heterocycles. The van der Waals surface area contributed by atoms with Crippen LogP contribution >= 0.6 is 12.6 Å². The van der Waals surface area contributed by atoms with E-state index in [0.717, 1.165) is 60.1 Å². The van der Waals surface area contributed by atoms with Gasteiger partial charge in [0, 0.05) is 43.4 Å². The Bertz CT molecular complexity index is 1660. The molecule has 6 rings (SSSR count). The number of halogens is 3. The highest BCUT2D eigenvalue weighted by Crippen LogP contribution is 2.38. The topological polar surface area (TPSA) is 60.4 Å². The monoisotopic (exact) mass is 568 g/mol. The Labute approximate surface area is 235 Å². The zero-order valence-electron chi connectivity index (χ0n) is 22.4. The second kappa shape index (κ2) is 10.3. The summed E-state index contributed by atoms with van der Waals surface area (Å²) in [4.78, 5) is 15.7. The molecule has 1 saturated carbocycles. The van der Waals surface area contributed by atoms with Gasteiger partial charge in [-0.2, -0.15) is 25.8 Å². The molecule has 4 aromatic rings. The normalized spacial score (nSPS) is 20.2. The van der Waals surface area contributed by atoms with Crippen LogP contribution < -0.4 is 5.69 Å². The predicted octanol–water partition coefficient (Wildman–Crippen LogP) is 5.36. The molecule has 1 unspecified atom stereocenters. The fourth-order valence-corrected chi connectivity index (χ4v) is 5.99. The van der Waals surface area contributed by atoms with Crippen molar-refractivity contribution in [3.63, 3.8) is 0 Å².